The van der Waals surface area contributed by atoms with Gasteiger partial charge in [-0.3, -0.25) is 14.5 Å². The van der Waals surface area contributed by atoms with Crippen molar-refractivity contribution in [1.82, 2.24) is 15.1 Å². The largest absolute Gasteiger partial charge is 0.493 e. The van der Waals surface area contributed by atoms with Gasteiger partial charge in [-0.25, -0.2) is 4.79 Å². The quantitative estimate of drug-likeness (QED) is 0.760. The first kappa shape index (κ1) is 20.2. The van der Waals surface area contributed by atoms with Crippen LogP contribution in [0.3, 0.4) is 0 Å². The van der Waals surface area contributed by atoms with Gasteiger partial charge in [0, 0.05) is 25.1 Å². The molecule has 7 heteroatoms. The summed E-state index contributed by atoms with van der Waals surface area (Å²) in [4.78, 5) is 41.6. The van der Waals surface area contributed by atoms with Gasteiger partial charge in [0.1, 0.15) is 12.3 Å². The molecule has 152 valence electrons. The number of hydrogen-bond acceptors (Lipinski definition) is 4. The Bertz CT molecular complexity index is 767. The van der Waals surface area contributed by atoms with Crippen LogP contribution < -0.4 is 10.1 Å². The summed E-state index contributed by atoms with van der Waals surface area (Å²) < 4.78 is 5.64. The van der Waals surface area contributed by atoms with Crippen molar-refractivity contribution >= 4 is 17.8 Å². The molecular formula is C21H29N3O4. The molecule has 4 amide bonds. The van der Waals surface area contributed by atoms with Gasteiger partial charge in [0.05, 0.1) is 6.61 Å². The maximum absolute atomic E-state index is 13.3. The summed E-state index contributed by atoms with van der Waals surface area (Å²) in [6.07, 6.45) is 0.348. The Balaban J connectivity index is 1.82. The molecule has 1 aromatic carbocycles. The van der Waals surface area contributed by atoms with Crippen molar-refractivity contribution in [1.29, 1.82) is 0 Å². The van der Waals surface area contributed by atoms with E-state index in [1.165, 1.54) is 0 Å². The van der Waals surface area contributed by atoms with Crippen LogP contribution in [0.4, 0.5) is 4.79 Å². The molecule has 0 aromatic heterocycles. The zero-order chi connectivity index (χ0) is 20.5. The third-order valence-corrected chi connectivity index (χ3v) is 5.07. The van der Waals surface area contributed by atoms with Crippen LogP contribution >= 0.6 is 0 Å². The molecule has 1 atom stereocenters. The third kappa shape index (κ3) is 3.70. The summed E-state index contributed by atoms with van der Waals surface area (Å²) in [7, 11) is 0. The van der Waals surface area contributed by atoms with Gasteiger partial charge in [-0.2, -0.15) is 0 Å². The number of para-hydroxylation sites is 1. The lowest BCUT2D eigenvalue weighted by Gasteiger charge is -2.33. The molecule has 0 bridgehead atoms. The normalized spacial score (nSPS) is 21.1. The van der Waals surface area contributed by atoms with Crippen LogP contribution in [0.1, 0.15) is 39.7 Å². The Morgan fingerprint density at radius 1 is 1.18 bits per heavy atom. The molecular weight excluding hydrogens is 358 g/mol. The molecule has 2 heterocycles. The number of nitrogens with one attached hydrogen (secondary N) is 1. The number of urea groups is 1. The number of ether oxygens (including phenoxy) is 1. The smallest absolute Gasteiger partial charge is 0.325 e. The van der Waals surface area contributed by atoms with Gasteiger partial charge in [-0.05, 0) is 17.9 Å². The van der Waals surface area contributed by atoms with Gasteiger partial charge >= 0.3 is 6.03 Å². The fourth-order valence-electron chi connectivity index (χ4n) is 3.91. The summed E-state index contributed by atoms with van der Waals surface area (Å²) >= 11 is 0. The second kappa shape index (κ2) is 7.81. The summed E-state index contributed by atoms with van der Waals surface area (Å²) in [6.45, 7) is 9.46. The van der Waals surface area contributed by atoms with Crippen molar-refractivity contribution in [2.24, 2.45) is 11.8 Å². The summed E-state index contributed by atoms with van der Waals surface area (Å²) in [5.74, 6) is 0.620. The van der Waals surface area contributed by atoms with Gasteiger partial charge in [0.25, 0.3) is 5.91 Å². The van der Waals surface area contributed by atoms with E-state index in [0.29, 0.717) is 49.3 Å². The number of carbonyl (C=O) groups excluding carboxylic acids is 3. The molecule has 0 aliphatic carbocycles. The average Bonchev–Trinajstić information content (AvgIpc) is 2.85. The highest BCUT2D eigenvalue weighted by atomic mass is 16.5. The van der Waals surface area contributed by atoms with E-state index in [1.807, 2.05) is 39.8 Å². The van der Waals surface area contributed by atoms with Crippen molar-refractivity contribution in [2.75, 3.05) is 26.2 Å². The van der Waals surface area contributed by atoms with Crippen molar-refractivity contribution in [3.63, 3.8) is 0 Å². The van der Waals surface area contributed by atoms with Crippen LogP contribution in [0, 0.1) is 11.8 Å². The van der Waals surface area contributed by atoms with Crippen molar-refractivity contribution < 1.29 is 19.1 Å². The minimum atomic E-state index is -1.15. The first-order valence-electron chi connectivity index (χ1n) is 9.89. The van der Waals surface area contributed by atoms with Gasteiger partial charge in [0.15, 0.2) is 5.54 Å². The summed E-state index contributed by atoms with van der Waals surface area (Å²) in [5, 5.41) is 2.84. The standard InChI is InChI=1S/C21H29N3O4/c1-14(2)11-23(12-15(3)4)18(25)13-24-19(26)21(22-20(24)27)9-10-28-17-8-6-5-7-16(17)21/h5-8,14-15H,9-13H2,1-4H3,(H,22,27). The predicted octanol–water partition coefficient (Wildman–Crippen LogP) is 2.36. The topological polar surface area (TPSA) is 79.0 Å². The second-order valence-electron chi connectivity index (χ2n) is 8.41. The summed E-state index contributed by atoms with van der Waals surface area (Å²) in [5.41, 5.74) is -0.497. The molecule has 1 unspecified atom stereocenters. The molecule has 1 fully saturated rings. The molecule has 3 rings (SSSR count). The van der Waals surface area contributed by atoms with Gasteiger partial charge in [0.2, 0.25) is 5.91 Å². The van der Waals surface area contributed by atoms with Crippen molar-refractivity contribution in [2.45, 2.75) is 39.7 Å². The minimum absolute atomic E-state index is 0.205. The second-order valence-corrected chi connectivity index (χ2v) is 8.41. The zero-order valence-electron chi connectivity index (χ0n) is 17.0. The van der Waals surface area contributed by atoms with E-state index in [9.17, 15) is 14.4 Å². The molecule has 1 N–H and O–H groups in total. The highest BCUT2D eigenvalue weighted by molar-refractivity contribution is 6.09. The van der Waals surface area contributed by atoms with Gasteiger partial charge in [-0.15, -0.1) is 0 Å². The number of fused-ring (bicyclic) bond motifs is 2. The maximum atomic E-state index is 13.3. The third-order valence-electron chi connectivity index (χ3n) is 5.07. The molecule has 2 aliphatic rings. The van der Waals surface area contributed by atoms with E-state index < -0.39 is 11.6 Å². The predicted molar refractivity (Wildman–Crippen MR) is 105 cm³/mol. The number of rotatable bonds is 6. The van der Waals surface area contributed by atoms with E-state index in [4.69, 9.17) is 4.74 Å². The average molecular weight is 387 g/mol. The van der Waals surface area contributed by atoms with Gasteiger partial charge < -0.3 is 15.0 Å². The lowest BCUT2D eigenvalue weighted by Crippen LogP contribution is -2.48. The highest BCUT2D eigenvalue weighted by Gasteiger charge is 2.55. The lowest BCUT2D eigenvalue weighted by atomic mass is 9.84. The Hall–Kier alpha value is -2.57. The van der Waals surface area contributed by atoms with Crippen molar-refractivity contribution in [3.8, 4) is 5.75 Å². The molecule has 1 saturated heterocycles. The van der Waals surface area contributed by atoms with Crippen molar-refractivity contribution in [3.05, 3.63) is 29.8 Å². The molecule has 1 aromatic rings. The Kier molecular flexibility index (Phi) is 5.63. The Morgan fingerprint density at radius 2 is 1.82 bits per heavy atom. The number of nitrogens with zero attached hydrogens (tertiary/aromatic N) is 2. The Labute approximate surface area is 166 Å². The minimum Gasteiger partial charge on any atom is -0.493 e. The molecule has 28 heavy (non-hydrogen) atoms. The van der Waals surface area contributed by atoms with Crippen LogP contribution in [0.2, 0.25) is 0 Å². The summed E-state index contributed by atoms with van der Waals surface area (Å²) in [6, 6.07) is 6.70. The number of hydrogen-bond donors (Lipinski definition) is 1. The Morgan fingerprint density at radius 3 is 2.46 bits per heavy atom. The lowest BCUT2D eigenvalue weighted by molar-refractivity contribution is -0.140. The number of carbonyl (C=O) groups is 3. The number of amides is 4. The van der Waals surface area contributed by atoms with E-state index in [2.05, 4.69) is 5.32 Å². The maximum Gasteiger partial charge on any atom is 0.325 e. The first-order valence-corrected chi connectivity index (χ1v) is 9.89. The molecule has 2 aliphatic heterocycles. The van der Waals surface area contributed by atoms with Crippen LogP contribution in [0.15, 0.2) is 24.3 Å². The van der Waals surface area contributed by atoms with Crippen LogP contribution in [0.25, 0.3) is 0 Å². The number of benzene rings is 1. The zero-order valence-corrected chi connectivity index (χ0v) is 17.0. The first-order chi connectivity index (χ1) is 13.2. The van der Waals surface area contributed by atoms with E-state index >= 15 is 0 Å². The molecule has 0 radical (unpaired) electrons. The van der Waals surface area contributed by atoms with E-state index in [0.717, 1.165) is 4.90 Å². The van der Waals surface area contributed by atoms with Crippen LogP contribution in [-0.2, 0) is 15.1 Å². The monoisotopic (exact) mass is 387 g/mol. The van der Waals surface area contributed by atoms with Crippen LogP contribution in [0.5, 0.6) is 5.75 Å². The van der Waals surface area contributed by atoms with Crippen LogP contribution in [-0.4, -0.2) is 53.9 Å². The molecule has 1 spiro atoms. The molecule has 7 nitrogen and oxygen atoms in total. The SMILES string of the molecule is CC(C)CN(CC(C)C)C(=O)CN1C(=O)NC2(CCOc3ccccc32)C1=O. The fourth-order valence-corrected chi connectivity index (χ4v) is 3.91. The fraction of sp³-hybridized carbons (Fsp3) is 0.571. The van der Waals surface area contributed by atoms with E-state index in [1.54, 1.807) is 17.0 Å². The molecule has 0 saturated carbocycles. The van der Waals surface area contributed by atoms with Gasteiger partial charge in [-0.1, -0.05) is 45.9 Å². The highest BCUT2D eigenvalue weighted by Crippen LogP contribution is 2.40. The number of imide groups is 1. The van der Waals surface area contributed by atoms with E-state index in [-0.39, 0.29) is 18.4 Å².